The van der Waals surface area contributed by atoms with Gasteiger partial charge in [-0.2, -0.15) is 0 Å². The number of hydrogen-bond acceptors (Lipinski definition) is 3. The van der Waals surface area contributed by atoms with Crippen LogP contribution in [0.25, 0.3) is 33.4 Å². The molecule has 0 amide bonds. The second-order valence-corrected chi connectivity index (χ2v) is 25.7. The van der Waals surface area contributed by atoms with E-state index in [0.29, 0.717) is 0 Å². The van der Waals surface area contributed by atoms with Crippen molar-refractivity contribution in [1.82, 2.24) is 0 Å². The Morgan fingerprint density at radius 1 is 0.468 bits per heavy atom. The Labute approximate surface area is 458 Å². The summed E-state index contributed by atoms with van der Waals surface area (Å²) >= 11 is 0. The number of fused-ring (bicyclic) bond motifs is 8. The maximum Gasteiger partial charge on any atom is 0.252 e. The van der Waals surface area contributed by atoms with Crippen LogP contribution in [0.4, 0.5) is 45.5 Å². The van der Waals surface area contributed by atoms with Crippen LogP contribution in [-0.2, 0) is 23.7 Å². The van der Waals surface area contributed by atoms with Crippen molar-refractivity contribution in [2.75, 3.05) is 14.7 Å². The molecule has 3 nitrogen and oxygen atoms in total. The van der Waals surface area contributed by atoms with E-state index in [9.17, 15) is 0 Å². The van der Waals surface area contributed by atoms with E-state index in [1.165, 1.54) is 142 Å². The Kier molecular flexibility index (Phi) is 10.7. The fourth-order valence-electron chi connectivity index (χ4n) is 15.1. The van der Waals surface area contributed by atoms with E-state index in [1.807, 2.05) is 0 Å². The van der Waals surface area contributed by atoms with Gasteiger partial charge in [-0.15, -0.1) is 0 Å². The number of aryl methyl sites for hydroxylation is 2. The summed E-state index contributed by atoms with van der Waals surface area (Å²) in [5.41, 5.74) is 30.0. The molecule has 0 aromatic heterocycles. The molecule has 77 heavy (non-hydrogen) atoms. The van der Waals surface area contributed by atoms with Gasteiger partial charge in [0, 0.05) is 50.8 Å². The van der Waals surface area contributed by atoms with E-state index in [4.69, 9.17) is 0 Å². The van der Waals surface area contributed by atoms with Crippen molar-refractivity contribution in [2.45, 2.75) is 117 Å². The number of hydrogen-bond donors (Lipinski definition) is 0. The topological polar surface area (TPSA) is 9.72 Å². The third kappa shape index (κ3) is 7.37. The van der Waals surface area contributed by atoms with Gasteiger partial charge in [0.05, 0.1) is 11.2 Å². The number of nitrogens with zero attached hydrogens (tertiary/aromatic N) is 3. The quantitative estimate of drug-likeness (QED) is 0.154. The van der Waals surface area contributed by atoms with E-state index in [2.05, 4.69) is 265 Å². The minimum atomic E-state index is -0.154. The molecule has 0 bridgehead atoms. The normalized spacial score (nSPS) is 19.5. The van der Waals surface area contributed by atoms with E-state index in [0.717, 1.165) is 24.9 Å². The van der Waals surface area contributed by atoms with Crippen molar-refractivity contribution in [3.63, 3.8) is 0 Å². The molecule has 3 aliphatic heterocycles. The number of anilines is 8. The molecule has 2 unspecified atom stereocenters. The van der Waals surface area contributed by atoms with Crippen LogP contribution in [0.2, 0.25) is 0 Å². The molecule has 0 spiro atoms. The zero-order chi connectivity index (χ0) is 52.8. The lowest BCUT2D eigenvalue weighted by molar-refractivity contribution is 0.195. The fourth-order valence-corrected chi connectivity index (χ4v) is 15.1. The van der Waals surface area contributed by atoms with Gasteiger partial charge in [0.1, 0.15) is 0 Å². The van der Waals surface area contributed by atoms with Crippen molar-refractivity contribution in [3.8, 4) is 33.4 Å². The Morgan fingerprint density at radius 3 is 1.71 bits per heavy atom. The molecule has 14 rings (SSSR count). The maximum absolute atomic E-state index is 2.85. The maximum atomic E-state index is 2.85. The van der Waals surface area contributed by atoms with Gasteiger partial charge in [0.2, 0.25) is 0 Å². The standard InChI is InChI=1S/C73H70BN3/c1-47-37-48(2)69-60(38-47)72(8)35-19-20-36-73(72,9)77(69)58-43-66-68-67(44-58)76(63-34-30-56(70(3,4)5)42-59(63)52-25-17-12-18-26-52)65-41-55-46-71(6,7)45-54(55)40-62(65)74(68)61-39-53(50-23-15-11-16-24-50)29-33-64(61)75(66)57-31-27-51(28-32-57)49-21-13-10-14-22-49/h10-18,21-34,37-44H,19-20,35-36,45-46H2,1-9H3. The molecule has 3 heterocycles. The highest BCUT2D eigenvalue weighted by Crippen LogP contribution is 2.63. The molecule has 5 aliphatic rings. The monoisotopic (exact) mass is 1000 g/mol. The largest absolute Gasteiger partial charge is 0.334 e. The van der Waals surface area contributed by atoms with E-state index < -0.39 is 0 Å². The van der Waals surface area contributed by atoms with Crippen LogP contribution in [0, 0.1) is 19.3 Å². The molecular formula is C73H70BN3. The van der Waals surface area contributed by atoms with Crippen molar-refractivity contribution >= 4 is 68.6 Å². The van der Waals surface area contributed by atoms with Gasteiger partial charge in [-0.3, -0.25) is 0 Å². The lowest BCUT2D eigenvalue weighted by atomic mass is 9.33. The van der Waals surface area contributed by atoms with E-state index in [1.54, 1.807) is 0 Å². The summed E-state index contributed by atoms with van der Waals surface area (Å²) in [6, 6.07) is 72.7. The lowest BCUT2D eigenvalue weighted by Gasteiger charge is -2.51. The first-order chi connectivity index (χ1) is 37.1. The Balaban J connectivity index is 1.12. The van der Waals surface area contributed by atoms with E-state index in [-0.39, 0.29) is 28.5 Å². The molecule has 0 N–H and O–H groups in total. The first-order valence-corrected chi connectivity index (χ1v) is 28.5. The van der Waals surface area contributed by atoms with Crippen molar-refractivity contribution in [1.29, 1.82) is 0 Å². The van der Waals surface area contributed by atoms with Crippen molar-refractivity contribution in [3.05, 3.63) is 221 Å². The van der Waals surface area contributed by atoms with Crippen LogP contribution in [0.1, 0.15) is 108 Å². The van der Waals surface area contributed by atoms with Crippen LogP contribution >= 0.6 is 0 Å². The van der Waals surface area contributed by atoms with Crippen LogP contribution in [0.3, 0.4) is 0 Å². The highest BCUT2D eigenvalue weighted by atomic mass is 15.3. The third-order valence-electron chi connectivity index (χ3n) is 19.0. The second kappa shape index (κ2) is 17.2. The van der Waals surface area contributed by atoms with Crippen molar-refractivity contribution < 1.29 is 0 Å². The second-order valence-electron chi connectivity index (χ2n) is 25.7. The molecule has 380 valence electrons. The van der Waals surface area contributed by atoms with Crippen LogP contribution in [0.5, 0.6) is 0 Å². The summed E-state index contributed by atoms with van der Waals surface area (Å²) in [5.74, 6) is 0. The van der Waals surface area contributed by atoms with Gasteiger partial charge in [-0.05, 0) is 178 Å². The summed E-state index contributed by atoms with van der Waals surface area (Å²) in [6.07, 6.45) is 6.89. The highest BCUT2D eigenvalue weighted by molar-refractivity contribution is 7.00. The fraction of sp³-hybridized carbons (Fsp3) is 0.260. The predicted octanol–water partition coefficient (Wildman–Crippen LogP) is 17.6. The highest BCUT2D eigenvalue weighted by Gasteiger charge is 2.59. The SMILES string of the molecule is Cc1cc(C)c2c(c1)C1(C)CCCCC1(C)N2c1cc2c3c(c1)N(c1ccc(C(C)(C)C)cc1-c1ccccc1)c1cc4c(cc1B3c1cc(-c3ccccc3)ccc1N2c1ccc(-c2ccccc2)cc1)CC(C)(C)C4. The van der Waals surface area contributed by atoms with Gasteiger partial charge in [0.15, 0.2) is 0 Å². The van der Waals surface area contributed by atoms with Crippen LogP contribution in [0.15, 0.2) is 188 Å². The first-order valence-electron chi connectivity index (χ1n) is 28.5. The number of rotatable bonds is 6. The van der Waals surface area contributed by atoms with Gasteiger partial charge in [0.25, 0.3) is 6.71 Å². The zero-order valence-corrected chi connectivity index (χ0v) is 46.6. The summed E-state index contributed by atoms with van der Waals surface area (Å²) < 4.78 is 0. The molecule has 1 fully saturated rings. The molecular weight excluding hydrogens is 930 g/mol. The first kappa shape index (κ1) is 47.9. The molecule has 2 aliphatic carbocycles. The molecule has 9 aromatic carbocycles. The Bertz CT molecular complexity index is 3830. The smallest absolute Gasteiger partial charge is 0.252 e. The average molecular weight is 1000 g/mol. The average Bonchev–Trinajstić information content (AvgIpc) is 3.94. The minimum Gasteiger partial charge on any atom is -0.334 e. The molecule has 0 saturated heterocycles. The summed E-state index contributed by atoms with van der Waals surface area (Å²) in [4.78, 5) is 8.23. The van der Waals surface area contributed by atoms with E-state index >= 15 is 0 Å². The molecule has 0 radical (unpaired) electrons. The zero-order valence-electron chi connectivity index (χ0n) is 46.6. The van der Waals surface area contributed by atoms with Crippen molar-refractivity contribution in [2.24, 2.45) is 5.41 Å². The van der Waals surface area contributed by atoms with Crippen LogP contribution in [-0.4, -0.2) is 12.3 Å². The molecule has 4 heteroatoms. The minimum absolute atomic E-state index is 0.0245. The van der Waals surface area contributed by atoms with Gasteiger partial charge in [-0.25, -0.2) is 0 Å². The summed E-state index contributed by atoms with van der Waals surface area (Å²) in [5, 5.41) is 0. The third-order valence-corrected chi connectivity index (χ3v) is 19.0. The van der Waals surface area contributed by atoms with Crippen LogP contribution < -0.4 is 31.1 Å². The Morgan fingerprint density at radius 2 is 1.04 bits per heavy atom. The van der Waals surface area contributed by atoms with Gasteiger partial charge >= 0.3 is 0 Å². The summed E-state index contributed by atoms with van der Waals surface area (Å²) in [7, 11) is 0. The molecule has 9 aromatic rings. The van der Waals surface area contributed by atoms with Gasteiger partial charge < -0.3 is 14.7 Å². The number of benzene rings is 9. The molecule has 2 atom stereocenters. The molecule has 1 saturated carbocycles. The Hall–Kier alpha value is -7.56. The predicted molar refractivity (Wildman–Crippen MR) is 329 cm³/mol. The summed E-state index contributed by atoms with van der Waals surface area (Å²) in [6.45, 7) is 21.8. The van der Waals surface area contributed by atoms with Gasteiger partial charge in [-0.1, -0.05) is 199 Å². The lowest BCUT2D eigenvalue weighted by Crippen LogP contribution is -2.61.